The molecule has 9 heteroatoms. The summed E-state index contributed by atoms with van der Waals surface area (Å²) in [6.07, 6.45) is -0.149. The Labute approximate surface area is 143 Å². The normalized spacial score (nSPS) is 18.7. The first-order chi connectivity index (χ1) is 11.8. The fourth-order valence-electron chi connectivity index (χ4n) is 2.77. The van der Waals surface area contributed by atoms with Crippen LogP contribution in [0.3, 0.4) is 0 Å². The molecule has 1 aliphatic rings. The SMILES string of the molecule is CN(CC(=O)O)CC1CN(Cc2ccc(OC(F)F)c(F)c2)CCO1. The smallest absolute Gasteiger partial charge is 0.387 e. The van der Waals surface area contributed by atoms with Crippen molar-refractivity contribution in [2.45, 2.75) is 19.3 Å². The number of benzene rings is 1. The highest BCUT2D eigenvalue weighted by molar-refractivity contribution is 5.69. The van der Waals surface area contributed by atoms with Gasteiger partial charge in [-0.2, -0.15) is 8.78 Å². The van der Waals surface area contributed by atoms with Gasteiger partial charge in [-0.25, -0.2) is 4.39 Å². The molecular formula is C16H21F3N2O4. The van der Waals surface area contributed by atoms with Crippen molar-refractivity contribution in [3.05, 3.63) is 29.6 Å². The van der Waals surface area contributed by atoms with Gasteiger partial charge in [0.1, 0.15) is 0 Å². The fourth-order valence-corrected chi connectivity index (χ4v) is 2.77. The predicted octanol–water partition coefficient (Wildman–Crippen LogP) is 1.64. The minimum atomic E-state index is -3.07. The Kier molecular flexibility index (Phi) is 7.03. The van der Waals surface area contributed by atoms with E-state index in [1.54, 1.807) is 18.0 Å². The summed E-state index contributed by atoms with van der Waals surface area (Å²) in [4.78, 5) is 14.4. The Bertz CT molecular complexity index is 588. The number of rotatable bonds is 8. The summed E-state index contributed by atoms with van der Waals surface area (Å²) in [6.45, 7) is -0.524. The van der Waals surface area contributed by atoms with Crippen LogP contribution in [0, 0.1) is 5.82 Å². The van der Waals surface area contributed by atoms with Crippen LogP contribution >= 0.6 is 0 Å². The molecule has 0 bridgehead atoms. The van der Waals surface area contributed by atoms with Gasteiger partial charge >= 0.3 is 12.6 Å². The van der Waals surface area contributed by atoms with Gasteiger partial charge in [0.15, 0.2) is 11.6 Å². The van der Waals surface area contributed by atoms with Crippen LogP contribution in [-0.2, 0) is 16.1 Å². The van der Waals surface area contributed by atoms with Crippen molar-refractivity contribution in [3.63, 3.8) is 0 Å². The van der Waals surface area contributed by atoms with E-state index in [2.05, 4.69) is 4.74 Å². The maximum Gasteiger partial charge on any atom is 0.387 e. The number of hydrogen-bond donors (Lipinski definition) is 1. The molecule has 1 heterocycles. The molecule has 1 fully saturated rings. The third-order valence-electron chi connectivity index (χ3n) is 3.76. The summed E-state index contributed by atoms with van der Waals surface area (Å²) in [5.74, 6) is -2.21. The standard InChI is InChI=1S/C16H21F3N2O4/c1-20(10-15(22)23)8-12-9-21(4-5-24-12)7-11-2-3-14(13(17)6-11)25-16(18)19/h2-3,6,12,16H,4-5,7-10H2,1H3,(H,22,23). The van der Waals surface area contributed by atoms with Crippen molar-refractivity contribution in [2.24, 2.45) is 0 Å². The van der Waals surface area contributed by atoms with Crippen molar-refractivity contribution >= 4 is 5.97 Å². The van der Waals surface area contributed by atoms with E-state index in [4.69, 9.17) is 9.84 Å². The van der Waals surface area contributed by atoms with E-state index in [1.807, 2.05) is 4.90 Å². The lowest BCUT2D eigenvalue weighted by Gasteiger charge is -2.34. The number of hydrogen-bond acceptors (Lipinski definition) is 5. The minimum absolute atomic E-state index is 0.0727. The summed E-state index contributed by atoms with van der Waals surface area (Å²) in [5, 5.41) is 8.78. The molecule has 1 unspecified atom stereocenters. The first kappa shape index (κ1) is 19.5. The van der Waals surface area contributed by atoms with Crippen LogP contribution in [-0.4, -0.2) is 73.4 Å². The molecule has 1 atom stereocenters. The van der Waals surface area contributed by atoms with E-state index in [9.17, 15) is 18.0 Å². The average molecular weight is 362 g/mol. The fraction of sp³-hybridized carbons (Fsp3) is 0.562. The number of alkyl halides is 2. The molecule has 1 aliphatic heterocycles. The lowest BCUT2D eigenvalue weighted by atomic mass is 10.1. The number of halogens is 3. The van der Waals surface area contributed by atoms with Gasteiger partial charge < -0.3 is 14.6 Å². The van der Waals surface area contributed by atoms with Crippen LogP contribution in [0.4, 0.5) is 13.2 Å². The number of likely N-dealkylation sites (N-methyl/N-ethyl adjacent to an activating group) is 1. The number of morpholine rings is 1. The highest BCUT2D eigenvalue weighted by atomic mass is 19.3. The second kappa shape index (κ2) is 9.02. The van der Waals surface area contributed by atoms with Gasteiger partial charge in [0, 0.05) is 26.2 Å². The van der Waals surface area contributed by atoms with Gasteiger partial charge in [0.25, 0.3) is 0 Å². The van der Waals surface area contributed by atoms with Gasteiger partial charge in [0.05, 0.1) is 19.3 Å². The number of carboxylic acid groups (broad SMARTS) is 1. The summed E-state index contributed by atoms with van der Waals surface area (Å²) in [5.41, 5.74) is 0.638. The number of nitrogens with zero attached hydrogens (tertiary/aromatic N) is 2. The van der Waals surface area contributed by atoms with Crippen LogP contribution in [0.25, 0.3) is 0 Å². The monoisotopic (exact) mass is 362 g/mol. The molecule has 0 saturated carbocycles. The lowest BCUT2D eigenvalue weighted by molar-refractivity contribution is -0.138. The Morgan fingerprint density at radius 1 is 1.52 bits per heavy atom. The van der Waals surface area contributed by atoms with E-state index < -0.39 is 24.1 Å². The molecule has 0 amide bonds. The molecule has 2 rings (SSSR count). The third kappa shape index (κ3) is 6.52. The first-order valence-electron chi connectivity index (χ1n) is 7.81. The molecule has 1 aromatic rings. The van der Waals surface area contributed by atoms with Crippen LogP contribution in [0.1, 0.15) is 5.56 Å². The number of aliphatic carboxylic acids is 1. The second-order valence-corrected chi connectivity index (χ2v) is 5.96. The van der Waals surface area contributed by atoms with E-state index in [-0.39, 0.29) is 12.6 Å². The molecular weight excluding hydrogens is 341 g/mol. The molecule has 1 N–H and O–H groups in total. The maximum absolute atomic E-state index is 13.8. The largest absolute Gasteiger partial charge is 0.480 e. The average Bonchev–Trinajstić information content (AvgIpc) is 2.49. The predicted molar refractivity (Wildman–Crippen MR) is 83.2 cm³/mol. The van der Waals surface area contributed by atoms with Crippen molar-refractivity contribution < 1.29 is 32.5 Å². The summed E-state index contributed by atoms with van der Waals surface area (Å²) in [7, 11) is 1.70. The summed E-state index contributed by atoms with van der Waals surface area (Å²) >= 11 is 0. The van der Waals surface area contributed by atoms with Crippen LogP contribution in [0.15, 0.2) is 18.2 Å². The molecule has 0 radical (unpaired) electrons. The topological polar surface area (TPSA) is 62.2 Å². The van der Waals surface area contributed by atoms with Gasteiger partial charge in [-0.1, -0.05) is 6.07 Å². The van der Waals surface area contributed by atoms with Crippen LogP contribution in [0.2, 0.25) is 0 Å². The maximum atomic E-state index is 13.8. The van der Waals surface area contributed by atoms with Gasteiger partial charge in [-0.15, -0.1) is 0 Å². The molecule has 140 valence electrons. The highest BCUT2D eigenvalue weighted by Crippen LogP contribution is 2.21. The van der Waals surface area contributed by atoms with Crippen LogP contribution in [0.5, 0.6) is 5.75 Å². The molecule has 1 aromatic carbocycles. The second-order valence-electron chi connectivity index (χ2n) is 5.96. The third-order valence-corrected chi connectivity index (χ3v) is 3.76. The van der Waals surface area contributed by atoms with Crippen molar-refractivity contribution in [2.75, 3.05) is 39.8 Å². The van der Waals surface area contributed by atoms with Gasteiger partial charge in [-0.3, -0.25) is 14.6 Å². The first-order valence-corrected chi connectivity index (χ1v) is 7.81. The molecule has 6 nitrogen and oxygen atoms in total. The Morgan fingerprint density at radius 2 is 2.28 bits per heavy atom. The van der Waals surface area contributed by atoms with E-state index in [0.717, 1.165) is 0 Å². The number of carbonyl (C=O) groups is 1. The van der Waals surface area contributed by atoms with E-state index in [1.165, 1.54) is 12.1 Å². The van der Waals surface area contributed by atoms with Crippen LogP contribution < -0.4 is 4.74 Å². The van der Waals surface area contributed by atoms with Crippen molar-refractivity contribution in [3.8, 4) is 5.75 Å². The Balaban J connectivity index is 1.89. The molecule has 0 aliphatic carbocycles. The zero-order valence-electron chi connectivity index (χ0n) is 13.8. The van der Waals surface area contributed by atoms with Gasteiger partial charge in [0.2, 0.25) is 0 Å². The minimum Gasteiger partial charge on any atom is -0.480 e. The molecule has 0 spiro atoms. The molecule has 25 heavy (non-hydrogen) atoms. The number of carboxylic acids is 1. The lowest BCUT2D eigenvalue weighted by Crippen LogP contribution is -2.47. The van der Waals surface area contributed by atoms with E-state index in [0.29, 0.717) is 38.3 Å². The Hall–Kier alpha value is -1.84. The highest BCUT2D eigenvalue weighted by Gasteiger charge is 2.23. The van der Waals surface area contributed by atoms with Gasteiger partial charge in [-0.05, 0) is 24.7 Å². The van der Waals surface area contributed by atoms with Crippen molar-refractivity contribution in [1.29, 1.82) is 0 Å². The summed E-state index contributed by atoms with van der Waals surface area (Å²) < 4.78 is 47.8. The number of ether oxygens (including phenoxy) is 2. The zero-order valence-corrected chi connectivity index (χ0v) is 13.8. The Morgan fingerprint density at radius 3 is 2.92 bits per heavy atom. The summed E-state index contributed by atoms with van der Waals surface area (Å²) in [6, 6.07) is 3.91. The molecule has 0 aromatic heterocycles. The van der Waals surface area contributed by atoms with E-state index >= 15 is 0 Å². The zero-order chi connectivity index (χ0) is 18.4. The quantitative estimate of drug-likeness (QED) is 0.759. The van der Waals surface area contributed by atoms with Crippen molar-refractivity contribution in [1.82, 2.24) is 9.80 Å². The molecule has 1 saturated heterocycles.